The van der Waals surface area contributed by atoms with Crippen molar-refractivity contribution in [3.05, 3.63) is 28.2 Å². The highest BCUT2D eigenvalue weighted by molar-refractivity contribution is 9.10. The van der Waals surface area contributed by atoms with Crippen LogP contribution in [0.1, 0.15) is 12.5 Å². The standard InChI is InChI=1S/C11H13BrF3NO/c1-2-16(7-11(13,14)15)9-4-3-8(6-17)10(12)5-9/h3-5,17H,2,6-7H2,1H3. The highest BCUT2D eigenvalue weighted by atomic mass is 79.9. The Morgan fingerprint density at radius 3 is 2.41 bits per heavy atom. The third-order valence-electron chi connectivity index (χ3n) is 2.32. The maximum Gasteiger partial charge on any atom is 0.405 e. The van der Waals surface area contributed by atoms with E-state index in [2.05, 4.69) is 15.9 Å². The van der Waals surface area contributed by atoms with Crippen LogP contribution in [-0.4, -0.2) is 24.4 Å². The van der Waals surface area contributed by atoms with Gasteiger partial charge in [-0.1, -0.05) is 22.0 Å². The van der Waals surface area contributed by atoms with Crippen LogP contribution in [0.2, 0.25) is 0 Å². The van der Waals surface area contributed by atoms with E-state index in [0.717, 1.165) is 0 Å². The molecule has 0 aliphatic rings. The van der Waals surface area contributed by atoms with Crippen LogP contribution in [0, 0.1) is 0 Å². The highest BCUT2D eigenvalue weighted by Crippen LogP contribution is 2.26. The fraction of sp³-hybridized carbons (Fsp3) is 0.455. The van der Waals surface area contributed by atoms with E-state index in [1.807, 2.05) is 0 Å². The lowest BCUT2D eigenvalue weighted by molar-refractivity contribution is -0.119. The fourth-order valence-corrected chi connectivity index (χ4v) is 1.96. The summed E-state index contributed by atoms with van der Waals surface area (Å²) in [6.07, 6.45) is -4.22. The van der Waals surface area contributed by atoms with Gasteiger partial charge in [-0.3, -0.25) is 0 Å². The first kappa shape index (κ1) is 14.3. The van der Waals surface area contributed by atoms with E-state index in [9.17, 15) is 13.2 Å². The van der Waals surface area contributed by atoms with Crippen LogP contribution in [0.15, 0.2) is 22.7 Å². The van der Waals surface area contributed by atoms with Gasteiger partial charge < -0.3 is 10.0 Å². The summed E-state index contributed by atoms with van der Waals surface area (Å²) in [6.45, 7) is 0.810. The molecule has 6 heteroatoms. The Balaban J connectivity index is 2.93. The third-order valence-corrected chi connectivity index (χ3v) is 3.06. The molecule has 0 amide bonds. The molecule has 1 rings (SSSR count). The number of hydrogen-bond acceptors (Lipinski definition) is 2. The normalized spacial score (nSPS) is 11.6. The van der Waals surface area contributed by atoms with Gasteiger partial charge in [0.25, 0.3) is 0 Å². The summed E-state index contributed by atoms with van der Waals surface area (Å²) in [5.74, 6) is 0. The minimum absolute atomic E-state index is 0.147. The Labute approximate surface area is 106 Å². The van der Waals surface area contributed by atoms with Crippen LogP contribution >= 0.6 is 15.9 Å². The van der Waals surface area contributed by atoms with Crippen molar-refractivity contribution >= 4 is 21.6 Å². The monoisotopic (exact) mass is 311 g/mol. The number of anilines is 1. The van der Waals surface area contributed by atoms with Crippen LogP contribution < -0.4 is 4.90 Å². The summed E-state index contributed by atoms with van der Waals surface area (Å²) < 4.78 is 37.6. The molecule has 17 heavy (non-hydrogen) atoms. The Kier molecular flexibility index (Phi) is 4.82. The lowest BCUT2D eigenvalue weighted by Gasteiger charge is -2.24. The number of alkyl halides is 3. The molecule has 0 heterocycles. The van der Waals surface area contributed by atoms with Gasteiger partial charge in [0.15, 0.2) is 0 Å². The van der Waals surface area contributed by atoms with Crippen molar-refractivity contribution in [2.45, 2.75) is 19.7 Å². The van der Waals surface area contributed by atoms with Crippen molar-refractivity contribution < 1.29 is 18.3 Å². The molecule has 0 radical (unpaired) electrons. The van der Waals surface area contributed by atoms with E-state index < -0.39 is 12.7 Å². The molecule has 96 valence electrons. The summed E-state index contributed by atoms with van der Waals surface area (Å²) in [5, 5.41) is 8.97. The van der Waals surface area contributed by atoms with E-state index in [1.54, 1.807) is 25.1 Å². The maximum absolute atomic E-state index is 12.3. The minimum Gasteiger partial charge on any atom is -0.392 e. The molecular weight excluding hydrogens is 299 g/mol. The number of aliphatic hydroxyl groups excluding tert-OH is 1. The smallest absolute Gasteiger partial charge is 0.392 e. The molecule has 0 atom stereocenters. The van der Waals surface area contributed by atoms with E-state index in [4.69, 9.17) is 5.11 Å². The zero-order valence-electron chi connectivity index (χ0n) is 9.26. The van der Waals surface area contributed by atoms with Crippen molar-refractivity contribution in [3.8, 4) is 0 Å². The maximum atomic E-state index is 12.3. The highest BCUT2D eigenvalue weighted by Gasteiger charge is 2.30. The second kappa shape index (κ2) is 5.73. The molecule has 0 aromatic heterocycles. The zero-order valence-corrected chi connectivity index (χ0v) is 10.8. The summed E-state index contributed by atoms with van der Waals surface area (Å²) in [6, 6.07) is 4.77. The third kappa shape index (κ3) is 4.20. The topological polar surface area (TPSA) is 23.5 Å². The molecule has 0 bridgehead atoms. The number of nitrogens with zero attached hydrogens (tertiary/aromatic N) is 1. The average Bonchev–Trinajstić information content (AvgIpc) is 2.24. The van der Waals surface area contributed by atoms with Gasteiger partial charge in [-0.25, -0.2) is 0 Å². The lowest BCUT2D eigenvalue weighted by atomic mass is 10.2. The first-order chi connectivity index (χ1) is 7.87. The summed E-state index contributed by atoms with van der Waals surface area (Å²) >= 11 is 3.22. The fourth-order valence-electron chi connectivity index (χ4n) is 1.46. The van der Waals surface area contributed by atoms with E-state index >= 15 is 0 Å². The largest absolute Gasteiger partial charge is 0.405 e. The molecular formula is C11H13BrF3NO. The molecule has 1 aromatic carbocycles. The molecule has 0 spiro atoms. The van der Waals surface area contributed by atoms with Gasteiger partial charge in [0.05, 0.1) is 6.61 Å². The SMILES string of the molecule is CCN(CC(F)(F)F)c1ccc(CO)c(Br)c1. The Morgan fingerprint density at radius 1 is 1.35 bits per heavy atom. The van der Waals surface area contributed by atoms with Crippen LogP contribution in [0.5, 0.6) is 0 Å². The number of benzene rings is 1. The first-order valence-corrected chi connectivity index (χ1v) is 5.87. The van der Waals surface area contributed by atoms with Gasteiger partial charge in [-0.2, -0.15) is 13.2 Å². The van der Waals surface area contributed by atoms with Gasteiger partial charge >= 0.3 is 6.18 Å². The number of halogens is 4. The van der Waals surface area contributed by atoms with Gasteiger partial charge in [0.2, 0.25) is 0 Å². The van der Waals surface area contributed by atoms with Gasteiger partial charge in [-0.05, 0) is 24.6 Å². The van der Waals surface area contributed by atoms with Crippen LogP contribution in [0.25, 0.3) is 0 Å². The van der Waals surface area contributed by atoms with Crippen LogP contribution in [0.3, 0.4) is 0 Å². The van der Waals surface area contributed by atoms with Crippen molar-refractivity contribution in [2.24, 2.45) is 0 Å². The molecule has 1 aromatic rings. The van der Waals surface area contributed by atoms with E-state index in [0.29, 0.717) is 15.7 Å². The van der Waals surface area contributed by atoms with Crippen molar-refractivity contribution in [2.75, 3.05) is 18.0 Å². The molecule has 0 saturated heterocycles. The molecule has 0 aliphatic heterocycles. The van der Waals surface area contributed by atoms with Crippen molar-refractivity contribution in [1.29, 1.82) is 0 Å². The predicted molar refractivity (Wildman–Crippen MR) is 64.0 cm³/mol. The van der Waals surface area contributed by atoms with Gasteiger partial charge in [-0.15, -0.1) is 0 Å². The molecule has 0 unspecified atom stereocenters. The summed E-state index contributed by atoms with van der Waals surface area (Å²) in [4.78, 5) is 1.23. The van der Waals surface area contributed by atoms with Gasteiger partial charge in [0.1, 0.15) is 6.54 Å². The second-order valence-corrected chi connectivity index (χ2v) is 4.42. The Hall–Kier alpha value is -0.750. The zero-order chi connectivity index (χ0) is 13.1. The Bertz CT molecular complexity index is 381. The summed E-state index contributed by atoms with van der Waals surface area (Å²) in [5.41, 5.74) is 1.13. The lowest BCUT2D eigenvalue weighted by Crippen LogP contribution is -2.34. The molecule has 2 nitrogen and oxygen atoms in total. The minimum atomic E-state index is -4.22. The predicted octanol–water partition coefficient (Wildman–Crippen LogP) is 3.33. The van der Waals surface area contributed by atoms with Crippen LogP contribution in [-0.2, 0) is 6.61 Å². The van der Waals surface area contributed by atoms with Crippen molar-refractivity contribution in [3.63, 3.8) is 0 Å². The number of hydrogen-bond donors (Lipinski definition) is 1. The second-order valence-electron chi connectivity index (χ2n) is 3.56. The van der Waals surface area contributed by atoms with Gasteiger partial charge in [0, 0.05) is 16.7 Å². The number of aliphatic hydroxyl groups is 1. The summed E-state index contributed by atoms with van der Waals surface area (Å²) in [7, 11) is 0. The molecule has 0 aliphatic carbocycles. The molecule has 0 saturated carbocycles. The van der Waals surface area contributed by atoms with Crippen LogP contribution in [0.4, 0.5) is 18.9 Å². The van der Waals surface area contributed by atoms with Crippen molar-refractivity contribution in [1.82, 2.24) is 0 Å². The quantitative estimate of drug-likeness (QED) is 0.922. The molecule has 0 fully saturated rings. The first-order valence-electron chi connectivity index (χ1n) is 5.08. The Morgan fingerprint density at radius 2 is 2.00 bits per heavy atom. The van der Waals surface area contributed by atoms with E-state index in [1.165, 1.54) is 4.90 Å². The van der Waals surface area contributed by atoms with E-state index in [-0.39, 0.29) is 13.2 Å². The molecule has 1 N–H and O–H groups in total. The number of rotatable bonds is 4. The average molecular weight is 312 g/mol.